The Morgan fingerprint density at radius 3 is 2.92 bits per heavy atom. The van der Waals surface area contributed by atoms with Gasteiger partial charge in [-0.1, -0.05) is 11.6 Å². The molecule has 1 aliphatic rings. The van der Waals surface area contributed by atoms with Crippen molar-refractivity contribution in [3.63, 3.8) is 0 Å². The lowest BCUT2D eigenvalue weighted by molar-refractivity contribution is 1.06. The maximum Gasteiger partial charge on any atom is 0.235 e. The van der Waals surface area contributed by atoms with Crippen molar-refractivity contribution in [1.82, 2.24) is 9.97 Å². The second-order valence-corrected chi connectivity index (χ2v) is 3.32. The molecule has 0 atom stereocenters. The minimum Gasteiger partial charge on any atom is -0.367 e. The van der Waals surface area contributed by atoms with Crippen LogP contribution in [0.25, 0.3) is 0 Å². The lowest BCUT2D eigenvalue weighted by Crippen LogP contribution is -2.04. The molecule has 0 saturated heterocycles. The van der Waals surface area contributed by atoms with E-state index in [4.69, 9.17) is 16.9 Å². The molecule has 1 saturated carbocycles. The molecule has 1 aromatic heterocycles. The first-order valence-corrected chi connectivity index (χ1v) is 4.37. The molecule has 13 heavy (non-hydrogen) atoms. The van der Waals surface area contributed by atoms with Gasteiger partial charge in [0, 0.05) is 12.1 Å². The second-order valence-electron chi connectivity index (χ2n) is 2.93. The van der Waals surface area contributed by atoms with Gasteiger partial charge in [0.25, 0.3) is 0 Å². The molecule has 0 aromatic carbocycles. The van der Waals surface area contributed by atoms with Crippen molar-refractivity contribution < 1.29 is 0 Å². The number of nitrogens with one attached hydrogen (secondary N) is 1. The number of hydrogen-bond donors (Lipinski definition) is 1. The summed E-state index contributed by atoms with van der Waals surface area (Å²) in [7, 11) is 0. The highest BCUT2D eigenvalue weighted by Gasteiger charge is 2.21. The highest BCUT2D eigenvalue weighted by atomic mass is 35.5. The van der Waals surface area contributed by atoms with Crippen LogP contribution in [-0.4, -0.2) is 16.0 Å². The Bertz CT molecular complexity index is 367. The highest BCUT2D eigenvalue weighted by Crippen LogP contribution is 2.24. The molecule has 2 rings (SSSR count). The van der Waals surface area contributed by atoms with E-state index in [1.54, 1.807) is 6.07 Å². The van der Waals surface area contributed by atoms with E-state index >= 15 is 0 Å². The molecule has 1 N–H and O–H groups in total. The van der Waals surface area contributed by atoms with Crippen molar-refractivity contribution in [2.45, 2.75) is 18.9 Å². The summed E-state index contributed by atoms with van der Waals surface area (Å²) in [6.07, 6.45) is 2.31. The summed E-state index contributed by atoms with van der Waals surface area (Å²) < 4.78 is 0. The van der Waals surface area contributed by atoms with Crippen molar-refractivity contribution in [3.8, 4) is 6.07 Å². The summed E-state index contributed by atoms with van der Waals surface area (Å²) in [4.78, 5) is 7.70. The average molecular weight is 195 g/mol. The van der Waals surface area contributed by atoms with E-state index in [9.17, 15) is 0 Å². The van der Waals surface area contributed by atoms with Crippen molar-refractivity contribution >= 4 is 17.4 Å². The van der Waals surface area contributed by atoms with Gasteiger partial charge in [-0.3, -0.25) is 0 Å². The van der Waals surface area contributed by atoms with Crippen LogP contribution in [0, 0.1) is 11.3 Å². The van der Waals surface area contributed by atoms with Crippen LogP contribution >= 0.6 is 11.6 Å². The maximum atomic E-state index is 8.57. The van der Waals surface area contributed by atoms with Gasteiger partial charge in [-0.05, 0) is 12.8 Å². The van der Waals surface area contributed by atoms with Crippen LogP contribution in [0.2, 0.25) is 5.15 Å². The van der Waals surface area contributed by atoms with Gasteiger partial charge in [0.1, 0.15) is 17.0 Å². The van der Waals surface area contributed by atoms with Gasteiger partial charge in [-0.2, -0.15) is 5.26 Å². The van der Waals surface area contributed by atoms with E-state index in [2.05, 4.69) is 15.3 Å². The Labute approximate surface area is 80.6 Å². The lowest BCUT2D eigenvalue weighted by Gasteiger charge is -2.02. The summed E-state index contributed by atoms with van der Waals surface area (Å²) >= 11 is 5.69. The predicted molar refractivity (Wildman–Crippen MR) is 48.4 cm³/mol. The van der Waals surface area contributed by atoms with Crippen molar-refractivity contribution in [2.24, 2.45) is 0 Å². The van der Waals surface area contributed by atoms with Crippen LogP contribution in [0.4, 0.5) is 5.82 Å². The van der Waals surface area contributed by atoms with Crippen LogP contribution in [0.1, 0.15) is 18.7 Å². The quantitative estimate of drug-likeness (QED) is 0.727. The third-order valence-electron chi connectivity index (χ3n) is 1.72. The lowest BCUT2D eigenvalue weighted by atomic mass is 10.5. The van der Waals surface area contributed by atoms with Crippen molar-refractivity contribution in [1.29, 1.82) is 5.26 Å². The molecule has 1 aliphatic carbocycles. The van der Waals surface area contributed by atoms with Gasteiger partial charge in [0.15, 0.2) is 0 Å². The molecule has 0 spiro atoms. The fourth-order valence-corrected chi connectivity index (χ4v) is 1.16. The number of nitriles is 1. The van der Waals surface area contributed by atoms with Gasteiger partial charge in [-0.25, -0.2) is 9.97 Å². The van der Waals surface area contributed by atoms with Crippen LogP contribution in [0.3, 0.4) is 0 Å². The third kappa shape index (κ3) is 2.07. The van der Waals surface area contributed by atoms with Crippen LogP contribution in [0.15, 0.2) is 6.07 Å². The molecule has 0 unspecified atom stereocenters. The zero-order valence-electron chi connectivity index (χ0n) is 6.79. The molecule has 5 heteroatoms. The van der Waals surface area contributed by atoms with E-state index in [0.29, 0.717) is 17.0 Å². The molecule has 1 aromatic rings. The first kappa shape index (κ1) is 8.27. The summed E-state index contributed by atoms with van der Waals surface area (Å²) in [6, 6.07) is 3.98. The fraction of sp³-hybridized carbons (Fsp3) is 0.375. The molecule has 1 fully saturated rings. The van der Waals surface area contributed by atoms with Gasteiger partial charge in [-0.15, -0.1) is 0 Å². The van der Waals surface area contributed by atoms with Crippen LogP contribution < -0.4 is 5.32 Å². The fourth-order valence-electron chi connectivity index (χ4n) is 0.978. The van der Waals surface area contributed by atoms with E-state index in [-0.39, 0.29) is 5.82 Å². The molecule has 66 valence electrons. The molecule has 1 heterocycles. The summed E-state index contributed by atoms with van der Waals surface area (Å²) in [5, 5.41) is 12.0. The average Bonchev–Trinajstić information content (AvgIpc) is 2.87. The van der Waals surface area contributed by atoms with E-state index in [1.165, 1.54) is 0 Å². The standard InChI is InChI=1S/C8H7ClN4/c9-6-3-7(11-5-1-2-5)13-8(4-10)12-6/h3,5H,1-2H2,(H,11,12,13). The molecule has 0 amide bonds. The minimum absolute atomic E-state index is 0.107. The zero-order valence-corrected chi connectivity index (χ0v) is 7.54. The van der Waals surface area contributed by atoms with Crippen LogP contribution in [-0.2, 0) is 0 Å². The Hall–Kier alpha value is -1.34. The smallest absolute Gasteiger partial charge is 0.235 e. The summed E-state index contributed by atoms with van der Waals surface area (Å²) in [6.45, 7) is 0. The van der Waals surface area contributed by atoms with E-state index in [1.807, 2.05) is 6.07 Å². The first-order valence-electron chi connectivity index (χ1n) is 3.99. The van der Waals surface area contributed by atoms with E-state index < -0.39 is 0 Å². The number of halogens is 1. The number of anilines is 1. The molecule has 4 nitrogen and oxygen atoms in total. The monoisotopic (exact) mass is 194 g/mol. The Balaban J connectivity index is 2.24. The molecule has 0 aliphatic heterocycles. The Morgan fingerprint density at radius 2 is 2.31 bits per heavy atom. The molecule has 0 bridgehead atoms. The highest BCUT2D eigenvalue weighted by molar-refractivity contribution is 6.29. The zero-order chi connectivity index (χ0) is 9.26. The number of rotatable bonds is 2. The Morgan fingerprint density at radius 1 is 1.54 bits per heavy atom. The van der Waals surface area contributed by atoms with Gasteiger partial charge < -0.3 is 5.32 Å². The number of hydrogen-bond acceptors (Lipinski definition) is 4. The Kier molecular flexibility index (Phi) is 2.03. The van der Waals surface area contributed by atoms with Crippen molar-refractivity contribution in [2.75, 3.05) is 5.32 Å². The normalized spacial score (nSPS) is 15.1. The molecule has 0 radical (unpaired) electrons. The second kappa shape index (κ2) is 3.19. The van der Waals surface area contributed by atoms with Crippen LogP contribution in [0.5, 0.6) is 0 Å². The SMILES string of the molecule is N#Cc1nc(Cl)cc(NC2CC2)n1. The molecular formula is C8H7ClN4. The topological polar surface area (TPSA) is 61.6 Å². The molecular weight excluding hydrogens is 188 g/mol. The first-order chi connectivity index (χ1) is 6.28. The summed E-state index contributed by atoms with van der Waals surface area (Å²) in [5.74, 6) is 0.745. The van der Waals surface area contributed by atoms with Gasteiger partial charge in [0.05, 0.1) is 0 Å². The number of nitrogens with zero attached hydrogens (tertiary/aromatic N) is 3. The summed E-state index contributed by atoms with van der Waals surface area (Å²) in [5.41, 5.74) is 0. The maximum absolute atomic E-state index is 8.57. The van der Waals surface area contributed by atoms with Gasteiger partial charge >= 0.3 is 0 Å². The van der Waals surface area contributed by atoms with Gasteiger partial charge in [0.2, 0.25) is 5.82 Å². The third-order valence-corrected chi connectivity index (χ3v) is 1.92. The predicted octanol–water partition coefficient (Wildman–Crippen LogP) is 1.58. The number of aromatic nitrogens is 2. The van der Waals surface area contributed by atoms with E-state index in [0.717, 1.165) is 12.8 Å². The largest absolute Gasteiger partial charge is 0.367 e. The van der Waals surface area contributed by atoms with Crippen molar-refractivity contribution in [3.05, 3.63) is 17.0 Å². The minimum atomic E-state index is 0.107.